The van der Waals surface area contributed by atoms with Gasteiger partial charge in [-0.25, -0.2) is 0 Å². The lowest BCUT2D eigenvalue weighted by Crippen LogP contribution is -2.45. The first-order valence-electron chi connectivity index (χ1n) is 17.3. The number of allylic oxidation sites excluding steroid dienone is 7. The second kappa shape index (κ2) is 31.3. The van der Waals surface area contributed by atoms with Crippen LogP contribution in [0.1, 0.15) is 162 Å². The molecule has 4 heteroatoms. The van der Waals surface area contributed by atoms with Crippen LogP contribution in [0.2, 0.25) is 0 Å². The molecular formula is C37H67NO3. The summed E-state index contributed by atoms with van der Waals surface area (Å²) in [6, 6.07) is -0.647. The molecule has 0 saturated carbocycles. The molecule has 0 heterocycles. The summed E-state index contributed by atoms with van der Waals surface area (Å²) in [6.07, 6.45) is 39.7. The van der Waals surface area contributed by atoms with Crippen LogP contribution in [0.5, 0.6) is 0 Å². The molecule has 2 atom stereocenters. The molecule has 0 spiro atoms. The van der Waals surface area contributed by atoms with Crippen molar-refractivity contribution in [3.05, 3.63) is 48.1 Å². The molecule has 0 bridgehead atoms. The van der Waals surface area contributed by atoms with Crippen LogP contribution in [-0.4, -0.2) is 34.9 Å². The second-order valence-corrected chi connectivity index (χ2v) is 11.8. The van der Waals surface area contributed by atoms with Gasteiger partial charge in [-0.15, -0.1) is 0 Å². The molecule has 0 aromatic rings. The summed E-state index contributed by atoms with van der Waals surface area (Å²) in [5.41, 5.74) is 1.45. The van der Waals surface area contributed by atoms with Crippen LogP contribution >= 0.6 is 0 Å². The van der Waals surface area contributed by atoms with Crippen molar-refractivity contribution in [3.63, 3.8) is 0 Å². The largest absolute Gasteiger partial charge is 0.394 e. The highest BCUT2D eigenvalue weighted by Crippen LogP contribution is 2.13. The van der Waals surface area contributed by atoms with Crippen molar-refractivity contribution < 1.29 is 15.0 Å². The van der Waals surface area contributed by atoms with Gasteiger partial charge in [0, 0.05) is 6.42 Å². The molecule has 0 radical (unpaired) electrons. The molecule has 0 aromatic carbocycles. The molecule has 0 rings (SSSR count). The van der Waals surface area contributed by atoms with E-state index in [0.717, 1.165) is 44.9 Å². The average molecular weight is 574 g/mol. The average Bonchev–Trinajstić information content (AvgIpc) is 2.97. The Morgan fingerprint density at radius 2 is 1.20 bits per heavy atom. The van der Waals surface area contributed by atoms with E-state index in [-0.39, 0.29) is 12.5 Å². The predicted octanol–water partition coefficient (Wildman–Crippen LogP) is 10.1. The van der Waals surface area contributed by atoms with Gasteiger partial charge in [0.15, 0.2) is 0 Å². The molecule has 1 amide bonds. The molecule has 0 saturated heterocycles. The van der Waals surface area contributed by atoms with E-state index in [2.05, 4.69) is 56.5 Å². The fraction of sp³-hybridized carbons (Fsp3) is 0.757. The van der Waals surface area contributed by atoms with Crippen LogP contribution in [0.4, 0.5) is 0 Å². The molecular weight excluding hydrogens is 506 g/mol. The quantitative estimate of drug-likeness (QED) is 0.0616. The third-order valence-corrected chi connectivity index (χ3v) is 7.64. The van der Waals surface area contributed by atoms with Gasteiger partial charge in [-0.1, -0.05) is 133 Å². The highest BCUT2D eigenvalue weighted by Gasteiger charge is 2.17. The topological polar surface area (TPSA) is 69.6 Å². The Hall–Kier alpha value is -1.65. The highest BCUT2D eigenvalue weighted by molar-refractivity contribution is 5.76. The number of unbranched alkanes of at least 4 members (excludes halogenated alkanes) is 15. The third kappa shape index (κ3) is 28.3. The number of carbonyl (C=O) groups excluding carboxylic acids is 1. The summed E-state index contributed by atoms with van der Waals surface area (Å²) in [6.45, 7) is 6.44. The summed E-state index contributed by atoms with van der Waals surface area (Å²) in [7, 11) is 0. The number of hydrogen-bond donors (Lipinski definition) is 3. The minimum absolute atomic E-state index is 0.0916. The standard InChI is InChI=1S/C37H67NO3/c1-4-6-8-10-12-13-14-15-16-17-18-19-21-23-28-32-37(41)38-35(33-39)36(40)31-27-24-26-30-34(3)29-25-22-20-11-9-7-5-2/h12-13,15-16,27,30-31,35-36,39-40H,4-11,14,17-26,28-29,32-33H2,1-3H3,(H,38,41)/b13-12-,16-15-,31-27+,34-30+/t35-,36+/m0/s1. The van der Waals surface area contributed by atoms with Crippen molar-refractivity contribution in [2.45, 2.75) is 174 Å². The van der Waals surface area contributed by atoms with E-state index in [1.807, 2.05) is 6.08 Å². The summed E-state index contributed by atoms with van der Waals surface area (Å²) in [5, 5.41) is 22.9. The summed E-state index contributed by atoms with van der Waals surface area (Å²) < 4.78 is 0. The first-order valence-corrected chi connectivity index (χ1v) is 17.3. The molecule has 0 aliphatic heterocycles. The van der Waals surface area contributed by atoms with Crippen molar-refractivity contribution in [3.8, 4) is 0 Å². The Bertz CT molecular complexity index is 694. The van der Waals surface area contributed by atoms with E-state index in [9.17, 15) is 15.0 Å². The molecule has 3 N–H and O–H groups in total. The van der Waals surface area contributed by atoms with Gasteiger partial charge in [0.2, 0.25) is 5.91 Å². The maximum atomic E-state index is 12.3. The normalized spacial score (nSPS) is 14.0. The Balaban J connectivity index is 3.85. The molecule has 4 nitrogen and oxygen atoms in total. The number of nitrogens with one attached hydrogen (secondary N) is 1. The van der Waals surface area contributed by atoms with Gasteiger partial charge in [-0.2, -0.15) is 0 Å². The highest BCUT2D eigenvalue weighted by atomic mass is 16.3. The maximum absolute atomic E-state index is 12.3. The number of rotatable bonds is 29. The summed E-state index contributed by atoms with van der Waals surface area (Å²) in [5.74, 6) is -0.0916. The van der Waals surface area contributed by atoms with Crippen LogP contribution in [0.15, 0.2) is 48.1 Å². The zero-order chi connectivity index (χ0) is 30.2. The van der Waals surface area contributed by atoms with Crippen molar-refractivity contribution in [2.75, 3.05) is 6.61 Å². The maximum Gasteiger partial charge on any atom is 0.220 e. The molecule has 41 heavy (non-hydrogen) atoms. The van der Waals surface area contributed by atoms with Gasteiger partial charge in [0.1, 0.15) is 0 Å². The van der Waals surface area contributed by atoms with E-state index in [1.165, 1.54) is 95.5 Å². The lowest BCUT2D eigenvalue weighted by molar-refractivity contribution is -0.123. The SMILES string of the molecule is CCCCC/C=C\C/C=C\CCCCCCCC(=O)N[C@@H](CO)[C@H](O)/C=C/CC/C=C(\C)CCCCCCCCC. The third-order valence-electron chi connectivity index (χ3n) is 7.64. The fourth-order valence-corrected chi connectivity index (χ4v) is 4.87. The molecule has 0 unspecified atom stereocenters. The summed E-state index contributed by atoms with van der Waals surface area (Å²) >= 11 is 0. The van der Waals surface area contributed by atoms with E-state index >= 15 is 0 Å². The number of aliphatic hydroxyl groups excluding tert-OH is 2. The number of carbonyl (C=O) groups is 1. The first kappa shape index (κ1) is 39.4. The smallest absolute Gasteiger partial charge is 0.220 e. The Morgan fingerprint density at radius 3 is 1.83 bits per heavy atom. The monoisotopic (exact) mass is 574 g/mol. The Labute approximate surface area is 254 Å². The van der Waals surface area contributed by atoms with E-state index in [4.69, 9.17) is 0 Å². The molecule has 0 aliphatic carbocycles. The Morgan fingerprint density at radius 1 is 0.659 bits per heavy atom. The second-order valence-electron chi connectivity index (χ2n) is 11.8. The Kier molecular flexibility index (Phi) is 30.0. The van der Waals surface area contributed by atoms with Gasteiger partial charge in [-0.05, 0) is 71.1 Å². The van der Waals surface area contributed by atoms with Crippen molar-refractivity contribution in [2.24, 2.45) is 0 Å². The van der Waals surface area contributed by atoms with Gasteiger partial charge in [-0.3, -0.25) is 4.79 Å². The number of hydrogen-bond acceptors (Lipinski definition) is 3. The van der Waals surface area contributed by atoms with Gasteiger partial charge in [0.05, 0.1) is 18.8 Å². The zero-order valence-corrected chi connectivity index (χ0v) is 27.3. The van der Waals surface area contributed by atoms with Crippen molar-refractivity contribution in [1.29, 1.82) is 0 Å². The first-order chi connectivity index (χ1) is 20.0. The minimum Gasteiger partial charge on any atom is -0.394 e. The van der Waals surface area contributed by atoms with E-state index < -0.39 is 12.1 Å². The molecule has 0 aromatic heterocycles. The number of amides is 1. The minimum atomic E-state index is -0.869. The van der Waals surface area contributed by atoms with E-state index in [1.54, 1.807) is 6.08 Å². The molecule has 0 fully saturated rings. The molecule has 0 aliphatic rings. The van der Waals surface area contributed by atoms with Gasteiger partial charge in [0.25, 0.3) is 0 Å². The number of aliphatic hydroxyl groups is 2. The zero-order valence-electron chi connectivity index (χ0n) is 27.3. The van der Waals surface area contributed by atoms with Crippen LogP contribution in [0.3, 0.4) is 0 Å². The van der Waals surface area contributed by atoms with Crippen LogP contribution in [0.25, 0.3) is 0 Å². The lowest BCUT2D eigenvalue weighted by atomic mass is 10.0. The van der Waals surface area contributed by atoms with Crippen molar-refractivity contribution in [1.82, 2.24) is 5.32 Å². The lowest BCUT2D eigenvalue weighted by Gasteiger charge is -2.19. The van der Waals surface area contributed by atoms with Crippen LogP contribution in [-0.2, 0) is 4.79 Å². The van der Waals surface area contributed by atoms with Crippen LogP contribution < -0.4 is 5.32 Å². The van der Waals surface area contributed by atoms with Crippen molar-refractivity contribution >= 4 is 5.91 Å². The van der Waals surface area contributed by atoms with E-state index in [0.29, 0.717) is 6.42 Å². The van der Waals surface area contributed by atoms with Crippen LogP contribution in [0, 0.1) is 0 Å². The fourth-order valence-electron chi connectivity index (χ4n) is 4.87. The van der Waals surface area contributed by atoms with Gasteiger partial charge >= 0.3 is 0 Å². The molecule has 238 valence electrons. The predicted molar refractivity (Wildman–Crippen MR) is 179 cm³/mol. The summed E-state index contributed by atoms with van der Waals surface area (Å²) in [4.78, 5) is 12.3. The van der Waals surface area contributed by atoms with Gasteiger partial charge < -0.3 is 15.5 Å².